The zero-order valence-electron chi connectivity index (χ0n) is 11.2. The van der Waals surface area contributed by atoms with Crippen molar-refractivity contribution in [3.05, 3.63) is 59.4 Å². The Labute approximate surface area is 118 Å². The van der Waals surface area contributed by atoms with Crippen LogP contribution >= 0.6 is 0 Å². The van der Waals surface area contributed by atoms with E-state index < -0.39 is 0 Å². The van der Waals surface area contributed by atoms with Gasteiger partial charge in [0.2, 0.25) is 0 Å². The predicted octanol–water partition coefficient (Wildman–Crippen LogP) is 1.95. The smallest absolute Gasteiger partial charge is 0.274 e. The van der Waals surface area contributed by atoms with E-state index in [1.807, 2.05) is 25.1 Å². The zero-order chi connectivity index (χ0) is 14.4. The maximum absolute atomic E-state index is 12.0. The molecule has 0 saturated heterocycles. The lowest BCUT2D eigenvalue weighted by molar-refractivity contribution is 0.102. The molecule has 3 N–H and O–H groups in total. The van der Waals surface area contributed by atoms with Crippen molar-refractivity contribution in [3.63, 3.8) is 0 Å². The third kappa shape index (κ3) is 3.44. The average molecular weight is 265 g/mol. The van der Waals surface area contributed by atoms with Crippen molar-refractivity contribution in [2.75, 3.05) is 11.9 Å². The molecule has 0 aliphatic heterocycles. The highest BCUT2D eigenvalue weighted by Gasteiger charge is 2.07. The molecule has 1 heterocycles. The minimum absolute atomic E-state index is 0.231. The molecule has 1 aromatic heterocycles. The molecule has 2 aromatic rings. The molecule has 0 radical (unpaired) electrons. The summed E-state index contributed by atoms with van der Waals surface area (Å²) in [4.78, 5) is 16.0. The number of pyridine rings is 1. The molecule has 0 aliphatic carbocycles. The molecule has 2 rings (SSSR count). The van der Waals surface area contributed by atoms with Gasteiger partial charge in [0.1, 0.15) is 5.69 Å². The van der Waals surface area contributed by atoms with E-state index in [9.17, 15) is 4.79 Å². The second-order valence-corrected chi connectivity index (χ2v) is 4.20. The van der Waals surface area contributed by atoms with Crippen molar-refractivity contribution in [2.45, 2.75) is 6.92 Å². The third-order valence-corrected chi connectivity index (χ3v) is 2.71. The van der Waals surface area contributed by atoms with Crippen molar-refractivity contribution >= 4 is 11.6 Å². The molecule has 0 aliphatic rings. The summed E-state index contributed by atoms with van der Waals surface area (Å²) < 4.78 is 0. The Bertz CT molecular complexity index is 669. The number of hydrogen-bond donors (Lipinski definition) is 2. The number of nitrogens with zero attached hydrogens (tertiary/aromatic N) is 1. The Morgan fingerprint density at radius 2 is 2.20 bits per heavy atom. The second-order valence-electron chi connectivity index (χ2n) is 4.20. The number of anilines is 1. The molecule has 0 fully saturated rings. The summed E-state index contributed by atoms with van der Waals surface area (Å²) in [7, 11) is 0. The predicted molar refractivity (Wildman–Crippen MR) is 79.3 cm³/mol. The van der Waals surface area contributed by atoms with Gasteiger partial charge in [0.25, 0.3) is 5.91 Å². The van der Waals surface area contributed by atoms with Crippen molar-refractivity contribution in [1.82, 2.24) is 4.98 Å². The molecule has 1 amide bonds. The second kappa shape index (κ2) is 6.50. The van der Waals surface area contributed by atoms with Gasteiger partial charge in [-0.2, -0.15) is 0 Å². The number of nitrogens with one attached hydrogen (secondary N) is 1. The lowest BCUT2D eigenvalue weighted by atomic mass is 10.1. The lowest BCUT2D eigenvalue weighted by Crippen LogP contribution is -2.13. The van der Waals surface area contributed by atoms with Crippen molar-refractivity contribution < 1.29 is 4.79 Å². The number of hydrogen-bond acceptors (Lipinski definition) is 3. The first-order valence-electron chi connectivity index (χ1n) is 6.22. The van der Waals surface area contributed by atoms with Crippen LogP contribution in [0.5, 0.6) is 0 Å². The summed E-state index contributed by atoms with van der Waals surface area (Å²) in [6.07, 6.45) is 1.59. The summed E-state index contributed by atoms with van der Waals surface area (Å²) in [5.41, 5.74) is 8.35. The maximum atomic E-state index is 12.0. The van der Waals surface area contributed by atoms with Gasteiger partial charge in [-0.3, -0.25) is 9.78 Å². The lowest BCUT2D eigenvalue weighted by Gasteiger charge is -2.06. The Balaban J connectivity index is 2.15. The Morgan fingerprint density at radius 3 is 2.85 bits per heavy atom. The highest BCUT2D eigenvalue weighted by atomic mass is 16.1. The fraction of sp³-hybridized carbons (Fsp3) is 0.125. The molecule has 0 bridgehead atoms. The number of carbonyl (C=O) groups excluding carboxylic acids is 1. The SMILES string of the molecule is Cc1cc(NC(=O)c2ccccn2)ccc1C#CCN. The molecule has 1 aromatic carbocycles. The van der Waals surface area contributed by atoms with Crippen LogP contribution in [0.2, 0.25) is 0 Å². The van der Waals surface area contributed by atoms with Crippen LogP contribution in [0.4, 0.5) is 5.69 Å². The molecular formula is C16H15N3O. The van der Waals surface area contributed by atoms with Crippen molar-refractivity contribution in [1.29, 1.82) is 0 Å². The van der Waals surface area contributed by atoms with Gasteiger partial charge >= 0.3 is 0 Å². The summed E-state index contributed by atoms with van der Waals surface area (Å²) in [5, 5.41) is 2.81. The van der Waals surface area contributed by atoms with Gasteiger partial charge in [-0.25, -0.2) is 0 Å². The molecule has 0 saturated carbocycles. The minimum Gasteiger partial charge on any atom is -0.321 e. The van der Waals surface area contributed by atoms with Gasteiger partial charge in [-0.15, -0.1) is 0 Å². The molecule has 0 atom stereocenters. The molecule has 4 heteroatoms. The number of carbonyl (C=O) groups is 1. The van der Waals surface area contributed by atoms with Crippen LogP contribution in [0.3, 0.4) is 0 Å². The van der Waals surface area contributed by atoms with Gasteiger partial charge in [0.05, 0.1) is 6.54 Å². The van der Waals surface area contributed by atoms with Crippen molar-refractivity contribution in [2.24, 2.45) is 5.73 Å². The topological polar surface area (TPSA) is 68.0 Å². The summed E-state index contributed by atoms with van der Waals surface area (Å²) in [6.45, 7) is 2.27. The number of aryl methyl sites for hydroxylation is 1. The normalized spacial score (nSPS) is 9.50. The van der Waals surface area contributed by atoms with Crippen molar-refractivity contribution in [3.8, 4) is 11.8 Å². The molecule has 20 heavy (non-hydrogen) atoms. The standard InChI is InChI=1S/C16H15N3O/c1-12-11-14(8-7-13(12)5-4-9-17)19-16(20)15-6-2-3-10-18-15/h2-3,6-8,10-11H,9,17H2,1H3,(H,19,20). The number of amides is 1. The third-order valence-electron chi connectivity index (χ3n) is 2.71. The summed E-state index contributed by atoms with van der Waals surface area (Å²) >= 11 is 0. The van der Waals surface area contributed by atoms with E-state index in [2.05, 4.69) is 22.1 Å². The number of nitrogens with two attached hydrogens (primary N) is 1. The zero-order valence-corrected chi connectivity index (χ0v) is 11.2. The largest absolute Gasteiger partial charge is 0.321 e. The minimum atomic E-state index is -0.231. The Kier molecular flexibility index (Phi) is 4.48. The van der Waals surface area contributed by atoms with Crippen LogP contribution in [0, 0.1) is 18.8 Å². The van der Waals surface area contributed by atoms with Crippen LogP contribution in [0.25, 0.3) is 0 Å². The average Bonchev–Trinajstić information content (AvgIpc) is 2.47. The van der Waals surface area contributed by atoms with Gasteiger partial charge in [-0.1, -0.05) is 17.9 Å². The van der Waals surface area contributed by atoms with E-state index in [1.165, 1.54) is 0 Å². The van der Waals surface area contributed by atoms with E-state index in [0.717, 1.165) is 16.8 Å². The molecular weight excluding hydrogens is 250 g/mol. The fourth-order valence-corrected chi connectivity index (χ4v) is 1.72. The molecule has 100 valence electrons. The first kappa shape index (κ1) is 13.8. The quantitative estimate of drug-likeness (QED) is 0.815. The van der Waals surface area contributed by atoms with E-state index in [-0.39, 0.29) is 5.91 Å². The monoisotopic (exact) mass is 265 g/mol. The summed E-state index contributed by atoms with van der Waals surface area (Å²) in [6, 6.07) is 10.8. The maximum Gasteiger partial charge on any atom is 0.274 e. The van der Waals surface area contributed by atoms with Crippen LogP contribution in [-0.4, -0.2) is 17.4 Å². The summed E-state index contributed by atoms with van der Waals surface area (Å²) in [5.74, 6) is 5.57. The Morgan fingerprint density at radius 1 is 1.35 bits per heavy atom. The van der Waals surface area contributed by atoms with Crippen LogP contribution in [-0.2, 0) is 0 Å². The van der Waals surface area contributed by atoms with Crippen LogP contribution in [0.15, 0.2) is 42.6 Å². The highest BCUT2D eigenvalue weighted by Crippen LogP contribution is 2.15. The fourth-order valence-electron chi connectivity index (χ4n) is 1.72. The first-order chi connectivity index (χ1) is 9.70. The van der Waals surface area contributed by atoms with E-state index in [1.54, 1.807) is 24.4 Å². The number of benzene rings is 1. The molecule has 0 spiro atoms. The van der Waals surface area contributed by atoms with E-state index >= 15 is 0 Å². The molecule has 4 nitrogen and oxygen atoms in total. The number of rotatable bonds is 2. The van der Waals surface area contributed by atoms with Gasteiger partial charge in [0.15, 0.2) is 0 Å². The first-order valence-corrected chi connectivity index (χ1v) is 6.22. The van der Waals surface area contributed by atoms with Gasteiger partial charge < -0.3 is 11.1 Å². The highest BCUT2D eigenvalue weighted by molar-refractivity contribution is 6.02. The molecule has 0 unspecified atom stereocenters. The van der Waals surface area contributed by atoms with Crippen LogP contribution < -0.4 is 11.1 Å². The number of aromatic nitrogens is 1. The van der Waals surface area contributed by atoms with E-state index in [0.29, 0.717) is 12.2 Å². The van der Waals surface area contributed by atoms with Gasteiger partial charge in [0, 0.05) is 17.4 Å². The van der Waals surface area contributed by atoms with E-state index in [4.69, 9.17) is 5.73 Å². The Hall–Kier alpha value is -2.64. The van der Waals surface area contributed by atoms with Gasteiger partial charge in [-0.05, 0) is 42.8 Å². The van der Waals surface area contributed by atoms with Crippen LogP contribution in [0.1, 0.15) is 21.6 Å².